The van der Waals surface area contributed by atoms with Crippen molar-refractivity contribution in [3.05, 3.63) is 42.2 Å². The van der Waals surface area contributed by atoms with Gasteiger partial charge in [-0.25, -0.2) is 9.97 Å². The predicted molar refractivity (Wildman–Crippen MR) is 86.1 cm³/mol. The van der Waals surface area contributed by atoms with E-state index >= 15 is 0 Å². The molecule has 1 heterocycles. The summed E-state index contributed by atoms with van der Waals surface area (Å²) in [5.74, 6) is 1.80. The molecule has 1 aromatic heterocycles. The largest absolute Gasteiger partial charge is 0.508 e. The van der Waals surface area contributed by atoms with Crippen molar-refractivity contribution in [2.75, 3.05) is 0 Å². The van der Waals surface area contributed by atoms with Crippen LogP contribution in [0.1, 0.15) is 45.1 Å². The Bertz CT molecular complexity index is 534. The summed E-state index contributed by atoms with van der Waals surface area (Å²) in [6, 6.07) is 6.97. The average Bonchev–Trinajstić information content (AvgIpc) is 2.52. The van der Waals surface area contributed by atoms with Crippen molar-refractivity contribution in [1.82, 2.24) is 9.97 Å². The number of aryl methyl sites for hydroxylation is 1. The van der Waals surface area contributed by atoms with Gasteiger partial charge in [0.15, 0.2) is 5.82 Å². The molecule has 2 aromatic rings. The summed E-state index contributed by atoms with van der Waals surface area (Å²) in [6.45, 7) is 4.57. The van der Waals surface area contributed by atoms with Gasteiger partial charge in [-0.2, -0.15) is 0 Å². The van der Waals surface area contributed by atoms with Gasteiger partial charge < -0.3 is 5.11 Å². The molecular weight excluding hydrogens is 260 g/mol. The Labute approximate surface area is 127 Å². The molecule has 2 rings (SSSR count). The van der Waals surface area contributed by atoms with Gasteiger partial charge in [-0.1, -0.05) is 33.1 Å². The van der Waals surface area contributed by atoms with E-state index in [1.54, 1.807) is 12.1 Å². The molecule has 0 bridgehead atoms. The molecule has 3 nitrogen and oxygen atoms in total. The summed E-state index contributed by atoms with van der Waals surface area (Å²) < 4.78 is 0. The standard InChI is InChI=1S/C18H24N2O/c1-3-14(2)6-4-5-7-15-12-19-18(20-13-15)16-8-10-17(21)11-9-16/h8-14,21H,3-7H2,1-2H3. The Morgan fingerprint density at radius 2 is 1.71 bits per heavy atom. The predicted octanol–water partition coefficient (Wildman–Crippen LogP) is 4.61. The summed E-state index contributed by atoms with van der Waals surface area (Å²) >= 11 is 0. The fourth-order valence-corrected chi connectivity index (χ4v) is 2.27. The Hall–Kier alpha value is -1.90. The molecule has 21 heavy (non-hydrogen) atoms. The molecular formula is C18H24N2O. The van der Waals surface area contributed by atoms with Crippen LogP contribution in [0.25, 0.3) is 11.4 Å². The molecule has 0 aliphatic heterocycles. The summed E-state index contributed by atoms with van der Waals surface area (Å²) in [6.07, 6.45) is 9.93. The molecule has 1 atom stereocenters. The quantitative estimate of drug-likeness (QED) is 0.755. The normalized spacial score (nSPS) is 12.3. The zero-order valence-electron chi connectivity index (χ0n) is 12.9. The Morgan fingerprint density at radius 3 is 2.33 bits per heavy atom. The molecule has 0 aliphatic carbocycles. The van der Waals surface area contributed by atoms with E-state index in [2.05, 4.69) is 23.8 Å². The van der Waals surface area contributed by atoms with Crippen molar-refractivity contribution in [1.29, 1.82) is 0 Å². The lowest BCUT2D eigenvalue weighted by molar-refractivity contribution is 0.475. The molecule has 0 saturated carbocycles. The lowest BCUT2D eigenvalue weighted by Gasteiger charge is -2.07. The number of hydrogen-bond acceptors (Lipinski definition) is 3. The highest BCUT2D eigenvalue weighted by molar-refractivity contribution is 5.55. The average molecular weight is 284 g/mol. The SMILES string of the molecule is CCC(C)CCCCc1cnc(-c2ccc(O)cc2)nc1. The van der Waals surface area contributed by atoms with E-state index in [9.17, 15) is 5.11 Å². The fourth-order valence-electron chi connectivity index (χ4n) is 2.27. The van der Waals surface area contributed by atoms with Crippen LogP contribution in [0.3, 0.4) is 0 Å². The molecule has 0 spiro atoms. The molecule has 3 heteroatoms. The number of unbranched alkanes of at least 4 members (excludes halogenated alkanes) is 1. The van der Waals surface area contributed by atoms with Crippen LogP contribution in [0, 0.1) is 5.92 Å². The van der Waals surface area contributed by atoms with Gasteiger partial charge in [0, 0.05) is 18.0 Å². The zero-order valence-corrected chi connectivity index (χ0v) is 12.9. The van der Waals surface area contributed by atoms with Crippen molar-refractivity contribution >= 4 is 0 Å². The maximum Gasteiger partial charge on any atom is 0.159 e. The minimum absolute atomic E-state index is 0.261. The van der Waals surface area contributed by atoms with E-state index < -0.39 is 0 Å². The van der Waals surface area contributed by atoms with Gasteiger partial charge in [-0.05, 0) is 48.6 Å². The highest BCUT2D eigenvalue weighted by atomic mass is 16.3. The second-order valence-corrected chi connectivity index (χ2v) is 5.72. The topological polar surface area (TPSA) is 46.0 Å². The lowest BCUT2D eigenvalue weighted by Crippen LogP contribution is -1.95. The van der Waals surface area contributed by atoms with E-state index in [0.717, 1.165) is 17.9 Å². The smallest absolute Gasteiger partial charge is 0.159 e. The fraction of sp³-hybridized carbons (Fsp3) is 0.444. The molecule has 1 N–H and O–H groups in total. The van der Waals surface area contributed by atoms with E-state index in [0.29, 0.717) is 5.82 Å². The monoisotopic (exact) mass is 284 g/mol. The van der Waals surface area contributed by atoms with Crippen LogP contribution in [0.5, 0.6) is 5.75 Å². The first kappa shape index (κ1) is 15.5. The van der Waals surface area contributed by atoms with E-state index in [4.69, 9.17) is 0 Å². The van der Waals surface area contributed by atoms with Crippen molar-refractivity contribution in [2.45, 2.75) is 46.0 Å². The second-order valence-electron chi connectivity index (χ2n) is 5.72. The Balaban J connectivity index is 1.86. The van der Waals surface area contributed by atoms with Gasteiger partial charge in [0.25, 0.3) is 0 Å². The number of phenolic OH excluding ortho intramolecular Hbond substituents is 1. The minimum Gasteiger partial charge on any atom is -0.508 e. The van der Waals surface area contributed by atoms with Crippen molar-refractivity contribution in [3.8, 4) is 17.1 Å². The van der Waals surface area contributed by atoms with Crippen molar-refractivity contribution < 1.29 is 5.11 Å². The molecule has 0 amide bonds. The van der Waals surface area contributed by atoms with Gasteiger partial charge in [0.05, 0.1) is 0 Å². The number of hydrogen-bond donors (Lipinski definition) is 1. The molecule has 0 radical (unpaired) electrons. The van der Waals surface area contributed by atoms with Gasteiger partial charge >= 0.3 is 0 Å². The Morgan fingerprint density at radius 1 is 1.05 bits per heavy atom. The molecule has 1 unspecified atom stereocenters. The van der Waals surface area contributed by atoms with Crippen LogP contribution < -0.4 is 0 Å². The molecule has 0 fully saturated rings. The van der Waals surface area contributed by atoms with E-state index in [1.807, 2.05) is 24.5 Å². The summed E-state index contributed by atoms with van der Waals surface area (Å²) in [5, 5.41) is 9.28. The zero-order chi connectivity index (χ0) is 15.1. The minimum atomic E-state index is 0.261. The van der Waals surface area contributed by atoms with Crippen LogP contribution in [0.2, 0.25) is 0 Å². The third-order valence-electron chi connectivity index (χ3n) is 3.94. The number of aromatic nitrogens is 2. The third kappa shape index (κ3) is 4.85. The van der Waals surface area contributed by atoms with E-state index in [1.165, 1.54) is 31.2 Å². The second kappa shape index (κ2) is 7.77. The molecule has 0 saturated heterocycles. The first-order chi connectivity index (χ1) is 10.2. The third-order valence-corrected chi connectivity index (χ3v) is 3.94. The van der Waals surface area contributed by atoms with Crippen LogP contribution in [0.4, 0.5) is 0 Å². The molecule has 112 valence electrons. The first-order valence-electron chi connectivity index (χ1n) is 7.79. The van der Waals surface area contributed by atoms with Crippen LogP contribution in [-0.4, -0.2) is 15.1 Å². The highest BCUT2D eigenvalue weighted by Gasteiger charge is 2.03. The van der Waals surface area contributed by atoms with E-state index in [-0.39, 0.29) is 5.75 Å². The van der Waals surface area contributed by atoms with Crippen molar-refractivity contribution in [3.63, 3.8) is 0 Å². The summed E-state index contributed by atoms with van der Waals surface area (Å²) in [5.41, 5.74) is 2.12. The van der Waals surface area contributed by atoms with Gasteiger partial charge in [0.2, 0.25) is 0 Å². The maximum atomic E-state index is 9.28. The number of aromatic hydroxyl groups is 1. The number of phenols is 1. The van der Waals surface area contributed by atoms with Gasteiger partial charge in [-0.3, -0.25) is 0 Å². The van der Waals surface area contributed by atoms with Crippen LogP contribution in [0.15, 0.2) is 36.7 Å². The van der Waals surface area contributed by atoms with Crippen LogP contribution >= 0.6 is 0 Å². The highest BCUT2D eigenvalue weighted by Crippen LogP contribution is 2.18. The molecule has 1 aromatic carbocycles. The number of benzene rings is 1. The summed E-state index contributed by atoms with van der Waals surface area (Å²) in [7, 11) is 0. The Kier molecular flexibility index (Phi) is 5.73. The maximum absolute atomic E-state index is 9.28. The molecule has 0 aliphatic rings. The number of rotatable bonds is 7. The number of nitrogens with zero attached hydrogens (tertiary/aromatic N) is 2. The van der Waals surface area contributed by atoms with Crippen LogP contribution in [-0.2, 0) is 6.42 Å². The summed E-state index contributed by atoms with van der Waals surface area (Å²) in [4.78, 5) is 8.83. The first-order valence-corrected chi connectivity index (χ1v) is 7.79. The van der Waals surface area contributed by atoms with Gasteiger partial charge in [-0.15, -0.1) is 0 Å². The van der Waals surface area contributed by atoms with Crippen molar-refractivity contribution in [2.24, 2.45) is 5.92 Å². The lowest BCUT2D eigenvalue weighted by atomic mass is 10.00. The van der Waals surface area contributed by atoms with Gasteiger partial charge in [0.1, 0.15) is 5.75 Å².